The molecule has 0 bridgehead atoms. The number of ether oxygens (including phenoxy) is 1. The van der Waals surface area contributed by atoms with Crippen LogP contribution >= 0.6 is 23.2 Å². The summed E-state index contributed by atoms with van der Waals surface area (Å²) in [5.74, 6) is -0.512. The average Bonchev–Trinajstić information content (AvgIpc) is 2.50. The molecule has 7 heteroatoms. The van der Waals surface area contributed by atoms with Gasteiger partial charge in [-0.2, -0.15) is 5.10 Å². The topological polar surface area (TPSA) is 50.7 Å². The number of halogens is 3. The summed E-state index contributed by atoms with van der Waals surface area (Å²) in [5.41, 5.74) is 2.32. The molecule has 0 aromatic heterocycles. The van der Waals surface area contributed by atoms with E-state index in [1.54, 1.807) is 24.3 Å². The van der Waals surface area contributed by atoms with Crippen LogP contribution in [0.4, 0.5) is 4.39 Å². The SMILES string of the molecule is O=C(COc1ccc(Cl)cc1)N/N=C\c1c(F)cccc1Cl. The van der Waals surface area contributed by atoms with Crippen molar-refractivity contribution in [2.75, 3.05) is 6.61 Å². The van der Waals surface area contributed by atoms with Crippen molar-refractivity contribution in [2.24, 2.45) is 5.10 Å². The zero-order chi connectivity index (χ0) is 15.9. The van der Waals surface area contributed by atoms with E-state index in [-0.39, 0.29) is 17.2 Å². The molecule has 0 unspecified atom stereocenters. The third kappa shape index (κ3) is 4.72. The van der Waals surface area contributed by atoms with Gasteiger partial charge in [0.2, 0.25) is 0 Å². The van der Waals surface area contributed by atoms with Crippen molar-refractivity contribution in [3.63, 3.8) is 0 Å². The Labute approximate surface area is 136 Å². The summed E-state index contributed by atoms with van der Waals surface area (Å²) in [6.07, 6.45) is 1.14. The standard InChI is InChI=1S/C15H11Cl2FN2O2/c16-10-4-6-11(7-5-10)22-9-15(21)20-19-8-12-13(17)2-1-3-14(12)18/h1-8H,9H2,(H,20,21)/b19-8-. The second-order valence-corrected chi connectivity index (χ2v) is 5.01. The fourth-order valence-electron chi connectivity index (χ4n) is 1.51. The van der Waals surface area contributed by atoms with Gasteiger partial charge >= 0.3 is 0 Å². The Kier molecular flexibility index (Phi) is 5.75. The molecule has 0 aliphatic rings. The van der Waals surface area contributed by atoms with E-state index in [0.29, 0.717) is 10.8 Å². The van der Waals surface area contributed by atoms with Gasteiger partial charge in [0.15, 0.2) is 6.61 Å². The van der Waals surface area contributed by atoms with E-state index in [4.69, 9.17) is 27.9 Å². The molecule has 0 atom stereocenters. The lowest BCUT2D eigenvalue weighted by Crippen LogP contribution is -2.24. The van der Waals surface area contributed by atoms with Gasteiger partial charge in [-0.3, -0.25) is 4.79 Å². The molecular formula is C15H11Cl2FN2O2. The Morgan fingerprint density at radius 3 is 2.64 bits per heavy atom. The molecule has 2 aromatic carbocycles. The third-order valence-electron chi connectivity index (χ3n) is 2.57. The lowest BCUT2D eigenvalue weighted by Gasteiger charge is -2.05. The molecule has 0 aliphatic heterocycles. The zero-order valence-electron chi connectivity index (χ0n) is 11.2. The monoisotopic (exact) mass is 340 g/mol. The molecule has 0 fully saturated rings. The van der Waals surface area contributed by atoms with Crippen molar-refractivity contribution >= 4 is 35.3 Å². The maximum Gasteiger partial charge on any atom is 0.277 e. The first-order valence-electron chi connectivity index (χ1n) is 6.20. The van der Waals surface area contributed by atoms with Crippen molar-refractivity contribution in [1.29, 1.82) is 0 Å². The number of rotatable bonds is 5. The number of hydrogen-bond donors (Lipinski definition) is 1. The fourth-order valence-corrected chi connectivity index (χ4v) is 1.85. The number of amides is 1. The summed E-state index contributed by atoms with van der Waals surface area (Å²) in [5, 5.41) is 4.42. The summed E-state index contributed by atoms with van der Waals surface area (Å²) < 4.78 is 18.7. The number of hydrogen-bond acceptors (Lipinski definition) is 3. The number of hydrazone groups is 1. The molecule has 0 heterocycles. The van der Waals surface area contributed by atoms with Gasteiger partial charge in [0.05, 0.1) is 11.2 Å². The molecule has 0 aliphatic carbocycles. The predicted molar refractivity (Wildman–Crippen MR) is 84.1 cm³/mol. The van der Waals surface area contributed by atoms with E-state index in [0.717, 1.165) is 6.21 Å². The molecule has 0 saturated heterocycles. The normalized spacial score (nSPS) is 10.7. The maximum atomic E-state index is 13.5. The molecular weight excluding hydrogens is 330 g/mol. The fraction of sp³-hybridized carbons (Fsp3) is 0.0667. The van der Waals surface area contributed by atoms with Crippen LogP contribution in [0.3, 0.4) is 0 Å². The van der Waals surface area contributed by atoms with Gasteiger partial charge < -0.3 is 4.74 Å². The molecule has 22 heavy (non-hydrogen) atoms. The van der Waals surface area contributed by atoms with Gasteiger partial charge in [0, 0.05) is 10.6 Å². The number of nitrogens with zero attached hydrogens (tertiary/aromatic N) is 1. The van der Waals surface area contributed by atoms with Gasteiger partial charge in [0.1, 0.15) is 11.6 Å². The van der Waals surface area contributed by atoms with E-state index in [9.17, 15) is 9.18 Å². The van der Waals surface area contributed by atoms with Crippen LogP contribution in [0.25, 0.3) is 0 Å². The molecule has 2 rings (SSSR count). The number of nitrogens with one attached hydrogen (secondary N) is 1. The maximum absolute atomic E-state index is 13.5. The summed E-state index contributed by atoms with van der Waals surface area (Å²) in [4.78, 5) is 11.5. The molecule has 2 aromatic rings. The summed E-state index contributed by atoms with van der Waals surface area (Å²) in [6.45, 7) is -0.232. The Morgan fingerprint density at radius 1 is 1.23 bits per heavy atom. The first-order valence-corrected chi connectivity index (χ1v) is 6.96. The van der Waals surface area contributed by atoms with Crippen LogP contribution in [0, 0.1) is 5.82 Å². The average molecular weight is 341 g/mol. The minimum absolute atomic E-state index is 0.100. The molecule has 1 amide bonds. The molecule has 0 saturated carbocycles. The van der Waals surface area contributed by atoms with Crippen LogP contribution in [0.5, 0.6) is 5.75 Å². The lowest BCUT2D eigenvalue weighted by molar-refractivity contribution is -0.123. The van der Waals surface area contributed by atoms with Gasteiger partial charge in [-0.1, -0.05) is 29.3 Å². The Balaban J connectivity index is 1.85. The van der Waals surface area contributed by atoms with Crippen LogP contribution < -0.4 is 10.2 Å². The first-order chi connectivity index (χ1) is 10.6. The minimum atomic E-state index is -0.525. The van der Waals surface area contributed by atoms with E-state index < -0.39 is 11.7 Å². The van der Waals surface area contributed by atoms with Gasteiger partial charge in [-0.25, -0.2) is 9.82 Å². The van der Waals surface area contributed by atoms with Crippen LogP contribution in [0.15, 0.2) is 47.6 Å². The predicted octanol–water partition coefficient (Wildman–Crippen LogP) is 3.66. The van der Waals surface area contributed by atoms with Crippen LogP contribution in [0.1, 0.15) is 5.56 Å². The van der Waals surface area contributed by atoms with Crippen LogP contribution in [-0.2, 0) is 4.79 Å². The highest BCUT2D eigenvalue weighted by Gasteiger charge is 2.05. The van der Waals surface area contributed by atoms with E-state index in [2.05, 4.69) is 10.5 Å². The van der Waals surface area contributed by atoms with E-state index in [1.165, 1.54) is 18.2 Å². The zero-order valence-corrected chi connectivity index (χ0v) is 12.7. The van der Waals surface area contributed by atoms with Gasteiger partial charge in [-0.05, 0) is 36.4 Å². The third-order valence-corrected chi connectivity index (χ3v) is 3.15. The first kappa shape index (κ1) is 16.3. The largest absolute Gasteiger partial charge is 0.484 e. The molecule has 4 nitrogen and oxygen atoms in total. The second kappa shape index (κ2) is 7.77. The Bertz CT molecular complexity index is 670. The summed E-state index contributed by atoms with van der Waals surface area (Å²) in [6, 6.07) is 10.8. The number of carbonyl (C=O) groups excluding carboxylic acids is 1. The van der Waals surface area contributed by atoms with Gasteiger partial charge in [-0.15, -0.1) is 0 Å². The molecule has 1 N–H and O–H groups in total. The highest BCUT2D eigenvalue weighted by Crippen LogP contribution is 2.16. The van der Waals surface area contributed by atoms with Crippen molar-refractivity contribution in [2.45, 2.75) is 0 Å². The van der Waals surface area contributed by atoms with Crippen molar-refractivity contribution in [3.05, 3.63) is 63.9 Å². The summed E-state index contributed by atoms with van der Waals surface area (Å²) >= 11 is 11.6. The number of carbonyl (C=O) groups is 1. The highest BCUT2D eigenvalue weighted by atomic mass is 35.5. The second-order valence-electron chi connectivity index (χ2n) is 4.17. The molecule has 114 valence electrons. The smallest absolute Gasteiger partial charge is 0.277 e. The quantitative estimate of drug-likeness (QED) is 0.667. The van der Waals surface area contributed by atoms with Crippen molar-refractivity contribution in [3.8, 4) is 5.75 Å². The summed E-state index contributed by atoms with van der Waals surface area (Å²) in [7, 11) is 0. The van der Waals surface area contributed by atoms with Crippen molar-refractivity contribution in [1.82, 2.24) is 5.43 Å². The van der Waals surface area contributed by atoms with E-state index in [1.807, 2.05) is 0 Å². The van der Waals surface area contributed by atoms with Crippen LogP contribution in [-0.4, -0.2) is 18.7 Å². The number of benzene rings is 2. The van der Waals surface area contributed by atoms with Crippen molar-refractivity contribution < 1.29 is 13.9 Å². The highest BCUT2D eigenvalue weighted by molar-refractivity contribution is 6.33. The molecule has 0 spiro atoms. The minimum Gasteiger partial charge on any atom is -0.484 e. The lowest BCUT2D eigenvalue weighted by atomic mass is 10.2. The Hall–Kier alpha value is -2.11. The molecule has 0 radical (unpaired) electrons. The van der Waals surface area contributed by atoms with Crippen LogP contribution in [0.2, 0.25) is 10.0 Å². The van der Waals surface area contributed by atoms with Gasteiger partial charge in [0.25, 0.3) is 5.91 Å². The van der Waals surface area contributed by atoms with E-state index >= 15 is 0 Å². The Morgan fingerprint density at radius 2 is 1.95 bits per heavy atom.